The molecule has 0 amide bonds. The lowest BCUT2D eigenvalue weighted by Crippen LogP contribution is -2.02. The van der Waals surface area contributed by atoms with Gasteiger partial charge in [0, 0.05) is 12.8 Å². The predicted octanol–water partition coefficient (Wildman–Crippen LogP) is 2.83. The molecule has 0 aliphatic rings. The Morgan fingerprint density at radius 1 is 1.23 bits per heavy atom. The molecule has 0 heterocycles. The lowest BCUT2D eigenvalue weighted by atomic mass is 10.0. The summed E-state index contributed by atoms with van der Waals surface area (Å²) in [6.45, 7) is 4.94. The van der Waals surface area contributed by atoms with E-state index in [1.165, 1.54) is 5.56 Å². The van der Waals surface area contributed by atoms with E-state index in [-0.39, 0.29) is 0 Å². The lowest BCUT2D eigenvalue weighted by Gasteiger charge is -2.08. The van der Waals surface area contributed by atoms with Gasteiger partial charge in [-0.3, -0.25) is 0 Å². The molecule has 0 spiro atoms. The van der Waals surface area contributed by atoms with Crippen molar-refractivity contribution in [1.29, 1.82) is 0 Å². The van der Waals surface area contributed by atoms with E-state index in [2.05, 4.69) is 43.4 Å². The Morgan fingerprint density at radius 3 is 2.31 bits per heavy atom. The van der Waals surface area contributed by atoms with Crippen LogP contribution in [0, 0.1) is 0 Å². The number of nitrogens with one attached hydrogen (secondary N) is 1. The number of rotatable bonds is 4. The van der Waals surface area contributed by atoms with Crippen LogP contribution in [0.2, 0.25) is 0 Å². The van der Waals surface area contributed by atoms with E-state index in [0.29, 0.717) is 12.6 Å². The largest absolute Gasteiger partial charge is 0.365 e. The van der Waals surface area contributed by atoms with Crippen molar-refractivity contribution in [3.05, 3.63) is 29.8 Å². The fraction of sp³-hybridized carbons (Fsp3) is 0.455. The molecule has 0 radical (unpaired) electrons. The van der Waals surface area contributed by atoms with Gasteiger partial charge in [0.05, 0.1) is 0 Å². The first-order valence-electron chi connectivity index (χ1n) is 4.57. The molecule has 0 fully saturated rings. The van der Waals surface area contributed by atoms with E-state index < -0.39 is 0 Å². The van der Waals surface area contributed by atoms with E-state index >= 15 is 0 Å². The van der Waals surface area contributed by atoms with E-state index in [0.717, 1.165) is 5.69 Å². The van der Waals surface area contributed by atoms with Crippen LogP contribution in [0.25, 0.3) is 0 Å². The van der Waals surface area contributed by atoms with Crippen molar-refractivity contribution in [3.63, 3.8) is 0 Å². The van der Waals surface area contributed by atoms with Crippen LogP contribution in [0.4, 0.5) is 5.69 Å². The average Bonchev–Trinajstić information content (AvgIpc) is 2.15. The maximum atomic E-state index is 4.91. The van der Waals surface area contributed by atoms with Crippen LogP contribution in [0.5, 0.6) is 0 Å². The van der Waals surface area contributed by atoms with Gasteiger partial charge in [0.2, 0.25) is 0 Å². The number of benzene rings is 1. The van der Waals surface area contributed by atoms with Crippen LogP contribution in [0.15, 0.2) is 24.3 Å². The molecule has 13 heavy (non-hydrogen) atoms. The summed E-state index contributed by atoms with van der Waals surface area (Å²) in [6, 6.07) is 8.44. The van der Waals surface area contributed by atoms with Gasteiger partial charge in [0.15, 0.2) is 0 Å². The molecule has 2 heteroatoms. The van der Waals surface area contributed by atoms with Gasteiger partial charge in [-0.25, -0.2) is 0 Å². The van der Waals surface area contributed by atoms with Crippen LogP contribution in [0.1, 0.15) is 25.3 Å². The van der Waals surface area contributed by atoms with Gasteiger partial charge < -0.3 is 10.1 Å². The minimum Gasteiger partial charge on any atom is -0.365 e. The zero-order chi connectivity index (χ0) is 9.68. The molecule has 0 saturated carbocycles. The maximum absolute atomic E-state index is 4.91. The van der Waals surface area contributed by atoms with Crippen LogP contribution >= 0.6 is 0 Å². The Hall–Kier alpha value is -1.02. The molecule has 0 unspecified atom stereocenters. The standard InChI is InChI=1S/C11H17NO/c1-9(2)10-4-6-11(7-5-10)12-8-13-3/h4-7,9,12H,8H2,1-3H3. The fourth-order valence-corrected chi connectivity index (χ4v) is 1.14. The summed E-state index contributed by atoms with van der Waals surface area (Å²) in [5, 5.41) is 3.14. The number of hydrogen-bond acceptors (Lipinski definition) is 2. The summed E-state index contributed by atoms with van der Waals surface area (Å²) in [5.41, 5.74) is 2.47. The second-order valence-electron chi connectivity index (χ2n) is 3.39. The van der Waals surface area contributed by atoms with Crippen molar-refractivity contribution in [3.8, 4) is 0 Å². The Kier molecular flexibility index (Phi) is 3.77. The predicted molar refractivity (Wildman–Crippen MR) is 56.0 cm³/mol. The molecule has 1 rings (SSSR count). The van der Waals surface area contributed by atoms with Gasteiger partial charge in [0.1, 0.15) is 6.73 Å². The zero-order valence-corrected chi connectivity index (χ0v) is 8.50. The Labute approximate surface area is 79.9 Å². The third-order valence-electron chi connectivity index (χ3n) is 2.00. The molecular formula is C11H17NO. The summed E-state index contributed by atoms with van der Waals surface area (Å²) in [6.07, 6.45) is 0. The fourth-order valence-electron chi connectivity index (χ4n) is 1.14. The highest BCUT2D eigenvalue weighted by atomic mass is 16.5. The summed E-state index contributed by atoms with van der Waals surface area (Å²) >= 11 is 0. The molecular weight excluding hydrogens is 162 g/mol. The van der Waals surface area contributed by atoms with Crippen molar-refractivity contribution < 1.29 is 4.74 Å². The van der Waals surface area contributed by atoms with Crippen molar-refractivity contribution in [2.45, 2.75) is 19.8 Å². The first-order valence-corrected chi connectivity index (χ1v) is 4.57. The topological polar surface area (TPSA) is 21.3 Å². The summed E-state index contributed by atoms with van der Waals surface area (Å²) in [4.78, 5) is 0. The first kappa shape index (κ1) is 10.1. The second-order valence-corrected chi connectivity index (χ2v) is 3.39. The number of methoxy groups -OCH3 is 1. The molecule has 1 N–H and O–H groups in total. The van der Waals surface area contributed by atoms with Crippen LogP contribution in [-0.4, -0.2) is 13.8 Å². The maximum Gasteiger partial charge on any atom is 0.116 e. The monoisotopic (exact) mass is 179 g/mol. The highest BCUT2D eigenvalue weighted by Crippen LogP contribution is 2.16. The average molecular weight is 179 g/mol. The molecule has 0 atom stereocenters. The Balaban J connectivity index is 2.59. The molecule has 1 aromatic carbocycles. The molecule has 0 saturated heterocycles. The van der Waals surface area contributed by atoms with E-state index in [4.69, 9.17) is 4.74 Å². The second kappa shape index (κ2) is 4.87. The third-order valence-corrected chi connectivity index (χ3v) is 2.00. The van der Waals surface area contributed by atoms with Crippen molar-refractivity contribution in [2.75, 3.05) is 19.2 Å². The summed E-state index contributed by atoms with van der Waals surface area (Å²) < 4.78 is 4.91. The normalized spacial score (nSPS) is 10.5. The number of hydrogen-bond donors (Lipinski definition) is 1. The van der Waals surface area contributed by atoms with Crippen molar-refractivity contribution in [1.82, 2.24) is 0 Å². The van der Waals surface area contributed by atoms with Gasteiger partial charge in [-0.2, -0.15) is 0 Å². The van der Waals surface area contributed by atoms with Crippen molar-refractivity contribution >= 4 is 5.69 Å². The summed E-state index contributed by atoms with van der Waals surface area (Å²) in [5.74, 6) is 0.594. The molecule has 0 aromatic heterocycles. The number of ether oxygens (including phenoxy) is 1. The van der Waals surface area contributed by atoms with Crippen molar-refractivity contribution in [2.24, 2.45) is 0 Å². The smallest absolute Gasteiger partial charge is 0.116 e. The highest BCUT2D eigenvalue weighted by Gasteiger charge is 1.97. The first-order chi connectivity index (χ1) is 6.24. The van der Waals surface area contributed by atoms with Gasteiger partial charge in [-0.1, -0.05) is 26.0 Å². The quantitative estimate of drug-likeness (QED) is 0.718. The van der Waals surface area contributed by atoms with E-state index in [1.54, 1.807) is 7.11 Å². The van der Waals surface area contributed by atoms with Gasteiger partial charge in [-0.15, -0.1) is 0 Å². The van der Waals surface area contributed by atoms with Gasteiger partial charge >= 0.3 is 0 Å². The minimum atomic E-state index is 0.557. The Bertz CT molecular complexity index is 241. The molecule has 0 aliphatic carbocycles. The molecule has 0 aliphatic heterocycles. The van der Waals surface area contributed by atoms with Crippen LogP contribution in [0.3, 0.4) is 0 Å². The number of anilines is 1. The van der Waals surface area contributed by atoms with E-state index in [9.17, 15) is 0 Å². The highest BCUT2D eigenvalue weighted by molar-refractivity contribution is 5.44. The SMILES string of the molecule is COCNc1ccc(C(C)C)cc1. The molecule has 72 valence electrons. The zero-order valence-electron chi connectivity index (χ0n) is 8.50. The Morgan fingerprint density at radius 2 is 1.85 bits per heavy atom. The third kappa shape index (κ3) is 3.07. The lowest BCUT2D eigenvalue weighted by molar-refractivity contribution is 0.221. The van der Waals surface area contributed by atoms with Crippen LogP contribution < -0.4 is 5.32 Å². The molecule has 2 nitrogen and oxygen atoms in total. The molecule has 0 bridgehead atoms. The van der Waals surface area contributed by atoms with Gasteiger partial charge in [-0.05, 0) is 23.6 Å². The molecule has 1 aromatic rings. The summed E-state index contributed by atoms with van der Waals surface area (Å²) in [7, 11) is 1.68. The van der Waals surface area contributed by atoms with E-state index in [1.807, 2.05) is 0 Å². The van der Waals surface area contributed by atoms with Gasteiger partial charge in [0.25, 0.3) is 0 Å². The van der Waals surface area contributed by atoms with Crippen LogP contribution in [-0.2, 0) is 4.74 Å². The minimum absolute atomic E-state index is 0.557.